The Kier molecular flexibility index (Phi) is 14.9. The van der Waals surface area contributed by atoms with Gasteiger partial charge in [-0.05, 0) is 198 Å². The van der Waals surface area contributed by atoms with Crippen molar-refractivity contribution in [3.05, 3.63) is 129 Å². The smallest absolute Gasteiger partial charge is 0.0449 e. The molecule has 7 rings (SSSR count). The van der Waals surface area contributed by atoms with Crippen LogP contribution in [-0.4, -0.2) is 0 Å². The highest BCUT2D eigenvalue weighted by Gasteiger charge is 2.42. The fourth-order valence-electron chi connectivity index (χ4n) is 9.24. The molecule has 0 fully saturated rings. The maximum Gasteiger partial charge on any atom is 0.0449 e. The van der Waals surface area contributed by atoms with Gasteiger partial charge in [0.2, 0.25) is 0 Å². The number of aryl methyl sites for hydroxylation is 2. The first kappa shape index (κ1) is 43.8. The molecule has 6 aromatic rings. The van der Waals surface area contributed by atoms with Gasteiger partial charge in [0.1, 0.15) is 0 Å². The highest BCUT2D eigenvalue weighted by Crippen LogP contribution is 2.56. The summed E-state index contributed by atoms with van der Waals surface area (Å²) in [4.78, 5) is 11.4. The Balaban J connectivity index is 1.08. The first-order valence-corrected chi connectivity index (χ1v) is 25.8. The van der Waals surface area contributed by atoms with E-state index in [1.807, 2.05) is 45.3 Å². The van der Waals surface area contributed by atoms with Gasteiger partial charge in [-0.15, -0.1) is 45.3 Å². The largest absolute Gasteiger partial charge is 0.139 e. The molecule has 0 nitrogen and oxygen atoms in total. The standard InChI is InChI=1S/C55H66S4/c1-9-33-55(34-10-2)47-35-41(49-29-31-53(58-49)51-27-23-43(56-51)21-17-39(7)15-11-13-37(3)4)19-25-45(47)46-26-20-42(36-48(46)55)50-30-32-54(59-50)52-28-24-44(57-52)22-18-40(8)16-12-14-38(5)6/h13-14,19-20,23-32,35-36,39-40H,9-12,15-18,21-22,33-34H2,1-8H3. The van der Waals surface area contributed by atoms with Crippen LogP contribution in [0.2, 0.25) is 0 Å². The molecular weight excluding hydrogens is 789 g/mol. The SMILES string of the molecule is CCCC1(CCC)c2cc(-c3ccc(-c4ccc(CCC(C)CCC=C(C)C)s4)s3)ccc2-c2ccc(-c3ccc(-c4ccc(CCC(C)CCC=C(C)C)s4)s3)cc21. The van der Waals surface area contributed by atoms with Gasteiger partial charge >= 0.3 is 0 Å². The lowest BCUT2D eigenvalue weighted by Gasteiger charge is -2.32. The molecule has 0 saturated heterocycles. The summed E-state index contributed by atoms with van der Waals surface area (Å²) in [6, 6.07) is 33.7. The lowest BCUT2D eigenvalue weighted by molar-refractivity contribution is 0.436. The molecule has 2 aromatic carbocycles. The maximum atomic E-state index is 2.58. The molecule has 0 saturated carbocycles. The van der Waals surface area contributed by atoms with Gasteiger partial charge in [0.05, 0.1) is 0 Å². The van der Waals surface area contributed by atoms with E-state index >= 15 is 0 Å². The summed E-state index contributed by atoms with van der Waals surface area (Å²) in [7, 11) is 0. The lowest BCUT2D eigenvalue weighted by Crippen LogP contribution is -2.25. The number of hydrogen-bond donors (Lipinski definition) is 0. The van der Waals surface area contributed by atoms with Gasteiger partial charge in [-0.25, -0.2) is 0 Å². The summed E-state index contributed by atoms with van der Waals surface area (Å²) in [5, 5.41) is 0. The van der Waals surface area contributed by atoms with E-state index in [9.17, 15) is 0 Å². The Hall–Kier alpha value is -3.28. The molecule has 4 heterocycles. The first-order chi connectivity index (χ1) is 28.6. The van der Waals surface area contributed by atoms with Gasteiger partial charge in [-0.2, -0.15) is 0 Å². The number of thiophene rings is 4. The van der Waals surface area contributed by atoms with Crippen LogP contribution in [0.1, 0.15) is 140 Å². The molecule has 0 N–H and O–H groups in total. The molecule has 0 amide bonds. The van der Waals surface area contributed by atoms with Crippen molar-refractivity contribution >= 4 is 45.3 Å². The predicted octanol–water partition coefficient (Wildman–Crippen LogP) is 19.1. The summed E-state index contributed by atoms with van der Waals surface area (Å²) in [5.41, 5.74) is 11.6. The quantitative estimate of drug-likeness (QED) is 0.0671. The van der Waals surface area contributed by atoms with Crippen LogP contribution in [0.5, 0.6) is 0 Å². The van der Waals surface area contributed by atoms with E-state index in [1.54, 1.807) is 11.1 Å². The normalized spacial score (nSPS) is 13.9. The molecule has 4 heteroatoms. The molecular formula is C55H66S4. The summed E-state index contributed by atoms with van der Waals surface area (Å²) >= 11 is 7.91. The first-order valence-electron chi connectivity index (χ1n) is 22.5. The minimum absolute atomic E-state index is 0.0389. The van der Waals surface area contributed by atoms with E-state index in [4.69, 9.17) is 0 Å². The van der Waals surface area contributed by atoms with Gasteiger partial charge in [0, 0.05) is 44.4 Å². The van der Waals surface area contributed by atoms with Gasteiger partial charge < -0.3 is 0 Å². The van der Waals surface area contributed by atoms with Crippen molar-refractivity contribution < 1.29 is 0 Å². The third-order valence-electron chi connectivity index (χ3n) is 12.5. The summed E-state index contributed by atoms with van der Waals surface area (Å²) < 4.78 is 0. The zero-order valence-corrected chi connectivity index (χ0v) is 40.3. The van der Waals surface area contributed by atoms with E-state index in [2.05, 4.69) is 152 Å². The third kappa shape index (κ3) is 10.4. The van der Waals surface area contributed by atoms with Crippen molar-refractivity contribution in [2.45, 2.75) is 138 Å². The molecule has 310 valence electrons. The number of rotatable bonds is 20. The lowest BCUT2D eigenvalue weighted by atomic mass is 9.71. The summed E-state index contributed by atoms with van der Waals surface area (Å²) in [6.45, 7) is 18.4. The number of benzene rings is 2. The van der Waals surface area contributed by atoms with Crippen LogP contribution in [0.15, 0.2) is 108 Å². The van der Waals surface area contributed by atoms with E-state index < -0.39 is 0 Å². The molecule has 1 aliphatic carbocycles. The Bertz CT molecular complexity index is 2190. The zero-order valence-electron chi connectivity index (χ0n) is 37.0. The highest BCUT2D eigenvalue weighted by molar-refractivity contribution is 7.24. The molecule has 1 aliphatic rings. The molecule has 4 aromatic heterocycles. The Labute approximate surface area is 373 Å². The second-order valence-electron chi connectivity index (χ2n) is 18.0. The maximum absolute atomic E-state index is 2.58. The van der Waals surface area contributed by atoms with Crippen LogP contribution in [-0.2, 0) is 18.3 Å². The average molecular weight is 855 g/mol. The van der Waals surface area contributed by atoms with E-state index in [-0.39, 0.29) is 5.41 Å². The summed E-state index contributed by atoms with van der Waals surface area (Å²) in [6.07, 6.45) is 19.3. The molecule has 2 atom stereocenters. The van der Waals surface area contributed by atoms with Gasteiger partial charge in [-0.1, -0.05) is 88.1 Å². The number of allylic oxidation sites excluding steroid dienone is 4. The van der Waals surface area contributed by atoms with Crippen LogP contribution in [0.3, 0.4) is 0 Å². The van der Waals surface area contributed by atoms with Crippen LogP contribution in [0, 0.1) is 11.8 Å². The fraction of sp³-hybridized carbons (Fsp3) is 0.418. The van der Waals surface area contributed by atoms with Crippen LogP contribution in [0.25, 0.3) is 51.5 Å². The van der Waals surface area contributed by atoms with Crippen LogP contribution >= 0.6 is 45.3 Å². The summed E-state index contributed by atoms with van der Waals surface area (Å²) in [5.74, 6) is 1.52. The number of fused-ring (bicyclic) bond motifs is 3. The van der Waals surface area contributed by atoms with Crippen LogP contribution in [0.4, 0.5) is 0 Å². The molecule has 0 aliphatic heterocycles. The second kappa shape index (κ2) is 20.1. The number of hydrogen-bond acceptors (Lipinski definition) is 4. The highest BCUT2D eigenvalue weighted by atomic mass is 32.1. The van der Waals surface area contributed by atoms with Crippen molar-refractivity contribution in [2.24, 2.45) is 11.8 Å². The van der Waals surface area contributed by atoms with Crippen molar-refractivity contribution in [3.8, 4) is 51.5 Å². The Morgan fingerprint density at radius 1 is 0.492 bits per heavy atom. The van der Waals surface area contributed by atoms with Gasteiger partial charge in [0.25, 0.3) is 0 Å². The monoisotopic (exact) mass is 854 g/mol. The van der Waals surface area contributed by atoms with E-state index in [0.29, 0.717) is 0 Å². The van der Waals surface area contributed by atoms with E-state index in [0.717, 1.165) is 11.8 Å². The van der Waals surface area contributed by atoms with Crippen molar-refractivity contribution in [3.63, 3.8) is 0 Å². The minimum atomic E-state index is 0.0389. The van der Waals surface area contributed by atoms with Crippen molar-refractivity contribution in [2.75, 3.05) is 0 Å². The zero-order chi connectivity index (χ0) is 41.5. The van der Waals surface area contributed by atoms with E-state index in [1.165, 1.54) is 149 Å². The predicted molar refractivity (Wildman–Crippen MR) is 268 cm³/mol. The fourth-order valence-corrected chi connectivity index (χ4v) is 13.5. The molecule has 59 heavy (non-hydrogen) atoms. The van der Waals surface area contributed by atoms with Crippen LogP contribution < -0.4 is 0 Å². The van der Waals surface area contributed by atoms with Crippen molar-refractivity contribution in [1.29, 1.82) is 0 Å². The topological polar surface area (TPSA) is 0 Å². The van der Waals surface area contributed by atoms with Gasteiger partial charge in [0.15, 0.2) is 0 Å². The van der Waals surface area contributed by atoms with Gasteiger partial charge in [-0.3, -0.25) is 0 Å². The Morgan fingerprint density at radius 2 is 0.881 bits per heavy atom. The molecule has 0 spiro atoms. The average Bonchev–Trinajstić information content (AvgIpc) is 4.07. The third-order valence-corrected chi connectivity index (χ3v) is 17.4. The Morgan fingerprint density at radius 3 is 1.29 bits per heavy atom. The molecule has 2 unspecified atom stereocenters. The molecule has 0 bridgehead atoms. The van der Waals surface area contributed by atoms with Crippen molar-refractivity contribution in [1.82, 2.24) is 0 Å². The molecule has 0 radical (unpaired) electrons. The second-order valence-corrected chi connectivity index (χ2v) is 22.5. The minimum Gasteiger partial charge on any atom is -0.139 e.